The summed E-state index contributed by atoms with van der Waals surface area (Å²) in [5, 5.41) is 2.19. The number of nitrogens with one attached hydrogen (secondary N) is 1. The van der Waals surface area contributed by atoms with E-state index in [0.29, 0.717) is 42.5 Å². The van der Waals surface area contributed by atoms with Gasteiger partial charge >= 0.3 is 6.03 Å². The van der Waals surface area contributed by atoms with Gasteiger partial charge in [0.1, 0.15) is 17.1 Å². The first-order chi connectivity index (χ1) is 17.5. The van der Waals surface area contributed by atoms with E-state index in [1.807, 2.05) is 31.2 Å². The molecule has 0 atom stereocenters. The maximum absolute atomic E-state index is 12.9. The smallest absolute Gasteiger partial charge is 0.331 e. The normalized spacial score (nSPS) is 14.7. The summed E-state index contributed by atoms with van der Waals surface area (Å²) in [6.07, 6.45) is 3.51. The van der Waals surface area contributed by atoms with Crippen LogP contribution in [-0.4, -0.2) is 43.1 Å². The highest BCUT2D eigenvalue weighted by Gasteiger charge is 2.36. The molecule has 36 heavy (non-hydrogen) atoms. The molecule has 1 saturated heterocycles. The number of urea groups is 1. The standard InChI is InChI=1S/C27H26N2O7/c1-18-7-3-4-9-22(18)35-13-6-14-36-23-11-10-19(16-24(23)33-2)15-21-25(30)28-27(32)29(26(21)31)17-20-8-5-12-34-20/h3-5,7-12,15-16H,6,13-14,17H2,1-2H3,(H,28,30,32)/b21-15-. The number of methoxy groups -OCH3 is 1. The first-order valence-electron chi connectivity index (χ1n) is 11.4. The minimum Gasteiger partial charge on any atom is -0.493 e. The van der Waals surface area contributed by atoms with E-state index in [1.54, 1.807) is 30.3 Å². The van der Waals surface area contributed by atoms with Gasteiger partial charge in [-0.15, -0.1) is 0 Å². The number of carbonyl (C=O) groups excluding carboxylic acids is 3. The molecule has 2 aromatic carbocycles. The lowest BCUT2D eigenvalue weighted by Crippen LogP contribution is -2.53. The van der Waals surface area contributed by atoms with E-state index >= 15 is 0 Å². The Balaban J connectivity index is 1.40. The lowest BCUT2D eigenvalue weighted by atomic mass is 10.1. The topological polar surface area (TPSA) is 107 Å². The van der Waals surface area contributed by atoms with E-state index < -0.39 is 17.8 Å². The monoisotopic (exact) mass is 490 g/mol. The first-order valence-corrected chi connectivity index (χ1v) is 11.4. The molecule has 0 radical (unpaired) electrons. The molecular weight excluding hydrogens is 464 g/mol. The van der Waals surface area contributed by atoms with Crippen LogP contribution in [0.5, 0.6) is 17.2 Å². The fraction of sp³-hybridized carbons (Fsp3) is 0.222. The molecule has 0 spiro atoms. The number of imide groups is 2. The van der Waals surface area contributed by atoms with Crippen LogP contribution >= 0.6 is 0 Å². The number of rotatable bonds is 10. The lowest BCUT2D eigenvalue weighted by molar-refractivity contribution is -0.130. The van der Waals surface area contributed by atoms with Crippen molar-refractivity contribution < 1.29 is 33.0 Å². The van der Waals surface area contributed by atoms with Crippen molar-refractivity contribution in [3.05, 3.63) is 83.3 Å². The Morgan fingerprint density at radius 2 is 1.72 bits per heavy atom. The van der Waals surface area contributed by atoms with Gasteiger partial charge in [0, 0.05) is 6.42 Å². The van der Waals surface area contributed by atoms with Crippen LogP contribution < -0.4 is 19.5 Å². The van der Waals surface area contributed by atoms with Gasteiger partial charge < -0.3 is 18.6 Å². The summed E-state index contributed by atoms with van der Waals surface area (Å²) in [4.78, 5) is 38.4. The highest BCUT2D eigenvalue weighted by molar-refractivity contribution is 6.30. The summed E-state index contributed by atoms with van der Waals surface area (Å²) in [6.45, 7) is 2.81. The van der Waals surface area contributed by atoms with Crippen LogP contribution in [0.25, 0.3) is 6.08 Å². The molecule has 186 valence electrons. The van der Waals surface area contributed by atoms with E-state index in [1.165, 1.54) is 19.4 Å². The third kappa shape index (κ3) is 5.75. The molecule has 4 amide bonds. The molecule has 3 aromatic rings. The Labute approximate surface area is 208 Å². The summed E-state index contributed by atoms with van der Waals surface area (Å²) >= 11 is 0. The Morgan fingerprint density at radius 3 is 2.44 bits per heavy atom. The fourth-order valence-electron chi connectivity index (χ4n) is 3.60. The van der Waals surface area contributed by atoms with Gasteiger partial charge in [-0.2, -0.15) is 0 Å². The van der Waals surface area contributed by atoms with Gasteiger partial charge in [-0.25, -0.2) is 4.79 Å². The number of nitrogens with zero attached hydrogens (tertiary/aromatic N) is 1. The van der Waals surface area contributed by atoms with E-state index in [2.05, 4.69) is 5.32 Å². The third-order valence-corrected chi connectivity index (χ3v) is 5.48. The van der Waals surface area contributed by atoms with Crippen molar-refractivity contribution in [3.63, 3.8) is 0 Å². The molecule has 0 unspecified atom stereocenters. The fourth-order valence-corrected chi connectivity index (χ4v) is 3.60. The van der Waals surface area contributed by atoms with Crippen LogP contribution in [0.2, 0.25) is 0 Å². The Morgan fingerprint density at radius 1 is 0.944 bits per heavy atom. The van der Waals surface area contributed by atoms with E-state index in [-0.39, 0.29) is 12.1 Å². The number of para-hydroxylation sites is 1. The quantitative estimate of drug-likeness (QED) is 0.259. The van der Waals surface area contributed by atoms with Crippen molar-refractivity contribution in [2.24, 2.45) is 0 Å². The molecule has 1 aliphatic rings. The van der Waals surface area contributed by atoms with Crippen molar-refractivity contribution in [1.29, 1.82) is 0 Å². The number of amides is 4. The largest absolute Gasteiger partial charge is 0.493 e. The van der Waals surface area contributed by atoms with Crippen LogP contribution in [0, 0.1) is 6.92 Å². The SMILES string of the molecule is COc1cc(/C=C2/C(=O)NC(=O)N(Cc3ccco3)C2=O)ccc1OCCCOc1ccccc1C. The van der Waals surface area contributed by atoms with E-state index in [9.17, 15) is 14.4 Å². The molecule has 1 fully saturated rings. The number of aryl methyl sites for hydroxylation is 1. The predicted octanol–water partition coefficient (Wildman–Crippen LogP) is 4.11. The zero-order valence-electron chi connectivity index (χ0n) is 20.0. The van der Waals surface area contributed by atoms with Gasteiger partial charge in [0.05, 0.1) is 33.1 Å². The van der Waals surface area contributed by atoms with Gasteiger partial charge in [-0.1, -0.05) is 24.3 Å². The molecule has 9 heteroatoms. The number of hydrogen-bond acceptors (Lipinski definition) is 7. The number of hydrogen-bond donors (Lipinski definition) is 1. The lowest BCUT2D eigenvalue weighted by Gasteiger charge is -2.25. The van der Waals surface area contributed by atoms with Crippen molar-refractivity contribution in [1.82, 2.24) is 10.2 Å². The summed E-state index contributed by atoms with van der Waals surface area (Å²) in [5.41, 5.74) is 1.43. The molecule has 9 nitrogen and oxygen atoms in total. The van der Waals surface area contributed by atoms with E-state index in [4.69, 9.17) is 18.6 Å². The minimum absolute atomic E-state index is 0.0913. The van der Waals surface area contributed by atoms with Gasteiger partial charge in [-0.05, 0) is 54.5 Å². The van der Waals surface area contributed by atoms with Gasteiger partial charge in [0.2, 0.25) is 0 Å². The maximum atomic E-state index is 12.9. The van der Waals surface area contributed by atoms with Crippen molar-refractivity contribution >= 4 is 23.9 Å². The molecule has 2 heterocycles. The van der Waals surface area contributed by atoms with Crippen LogP contribution in [0.1, 0.15) is 23.3 Å². The first kappa shape index (κ1) is 24.6. The number of benzene rings is 2. The third-order valence-electron chi connectivity index (χ3n) is 5.48. The summed E-state index contributed by atoms with van der Waals surface area (Å²) in [6, 6.07) is 15.3. The van der Waals surface area contributed by atoms with Crippen molar-refractivity contribution in [2.75, 3.05) is 20.3 Å². The van der Waals surface area contributed by atoms with Gasteiger partial charge in [0.25, 0.3) is 11.8 Å². The van der Waals surface area contributed by atoms with Crippen LogP contribution in [0.15, 0.2) is 70.9 Å². The van der Waals surface area contributed by atoms with Crippen molar-refractivity contribution in [3.8, 4) is 17.2 Å². The second-order valence-corrected chi connectivity index (χ2v) is 8.01. The van der Waals surface area contributed by atoms with Gasteiger partial charge in [0.15, 0.2) is 11.5 Å². The van der Waals surface area contributed by atoms with Gasteiger partial charge in [-0.3, -0.25) is 19.8 Å². The molecule has 0 bridgehead atoms. The second-order valence-electron chi connectivity index (χ2n) is 8.01. The van der Waals surface area contributed by atoms with E-state index in [0.717, 1.165) is 16.2 Å². The number of carbonyl (C=O) groups is 3. The van der Waals surface area contributed by atoms with Crippen LogP contribution in [0.3, 0.4) is 0 Å². The minimum atomic E-state index is -0.800. The maximum Gasteiger partial charge on any atom is 0.331 e. The molecular formula is C27H26N2O7. The molecule has 0 saturated carbocycles. The molecule has 1 N–H and O–H groups in total. The summed E-state index contributed by atoms with van der Waals surface area (Å²) < 4.78 is 22.3. The average Bonchev–Trinajstić information content (AvgIpc) is 3.39. The summed E-state index contributed by atoms with van der Waals surface area (Å²) in [7, 11) is 1.50. The molecule has 4 rings (SSSR count). The molecule has 1 aromatic heterocycles. The zero-order valence-corrected chi connectivity index (χ0v) is 20.0. The highest BCUT2D eigenvalue weighted by Crippen LogP contribution is 2.30. The Hall–Kier alpha value is -4.53. The summed E-state index contributed by atoms with van der Waals surface area (Å²) in [5.74, 6) is 0.737. The Bertz CT molecular complexity index is 1280. The Kier molecular flexibility index (Phi) is 7.69. The second kappa shape index (κ2) is 11.3. The average molecular weight is 491 g/mol. The van der Waals surface area contributed by atoms with Crippen LogP contribution in [-0.2, 0) is 16.1 Å². The molecule has 1 aliphatic heterocycles. The number of ether oxygens (including phenoxy) is 3. The van der Waals surface area contributed by atoms with Crippen LogP contribution in [0.4, 0.5) is 4.79 Å². The molecule has 0 aliphatic carbocycles. The highest BCUT2D eigenvalue weighted by atomic mass is 16.5. The number of barbiturate groups is 1. The van der Waals surface area contributed by atoms with Crippen molar-refractivity contribution in [2.45, 2.75) is 19.9 Å². The number of furan rings is 1. The zero-order chi connectivity index (χ0) is 25.5. The predicted molar refractivity (Wildman–Crippen MR) is 131 cm³/mol.